The third kappa shape index (κ3) is 9.41. The summed E-state index contributed by atoms with van der Waals surface area (Å²) in [5.41, 5.74) is 3.96. The largest absolute Gasteiger partial charge is 0.519 e. The molecule has 0 atom stereocenters. The standard InChI is InChI=1S/C47H58O7/c1-27(2)23-29(5)25-46(11,12)39-31(7)41(35-19-15-17-21-37(35)43(39)51-33(9)48)53-45(50)54-42-32(8)40(47(13,14)26-30(6)24-28(3)4)44(52-34(10)49)38-22-18-16-20-36(38)42/h15-22,25-28H,23-24H2,1-14H3/b29-25+,30-26+. The summed E-state index contributed by atoms with van der Waals surface area (Å²) in [6.07, 6.45) is 5.27. The van der Waals surface area contributed by atoms with Gasteiger partial charge in [-0.3, -0.25) is 9.59 Å². The van der Waals surface area contributed by atoms with Crippen LogP contribution in [0, 0.1) is 25.7 Å². The fourth-order valence-corrected chi connectivity index (χ4v) is 8.28. The minimum atomic E-state index is -0.928. The van der Waals surface area contributed by atoms with E-state index in [-0.39, 0.29) is 0 Å². The normalized spacial score (nSPS) is 12.8. The molecule has 0 aliphatic rings. The predicted molar refractivity (Wildman–Crippen MR) is 219 cm³/mol. The van der Waals surface area contributed by atoms with E-state index in [1.54, 1.807) is 0 Å². The van der Waals surface area contributed by atoms with E-state index in [4.69, 9.17) is 18.9 Å². The first-order valence-electron chi connectivity index (χ1n) is 18.9. The molecule has 54 heavy (non-hydrogen) atoms. The Morgan fingerprint density at radius 3 is 1.11 bits per heavy atom. The van der Waals surface area contributed by atoms with Crippen molar-refractivity contribution >= 4 is 39.6 Å². The number of hydrogen-bond acceptors (Lipinski definition) is 7. The van der Waals surface area contributed by atoms with Gasteiger partial charge in [-0.15, -0.1) is 0 Å². The van der Waals surface area contributed by atoms with Gasteiger partial charge >= 0.3 is 18.1 Å². The van der Waals surface area contributed by atoms with Crippen LogP contribution >= 0.6 is 0 Å². The minimum absolute atomic E-state index is 0.316. The van der Waals surface area contributed by atoms with Gasteiger partial charge in [-0.2, -0.15) is 0 Å². The molecular weight excluding hydrogens is 677 g/mol. The molecule has 7 heteroatoms. The number of allylic oxidation sites excluding steroid dienone is 4. The fraction of sp³-hybridized carbons (Fsp3) is 0.426. The summed E-state index contributed by atoms with van der Waals surface area (Å²) in [5.74, 6) is 1.54. The average Bonchev–Trinajstić information content (AvgIpc) is 3.02. The maximum absolute atomic E-state index is 14.2. The highest BCUT2D eigenvalue weighted by molar-refractivity contribution is 6.01. The summed E-state index contributed by atoms with van der Waals surface area (Å²) < 4.78 is 24.4. The minimum Gasteiger partial charge on any atom is -0.426 e. The van der Waals surface area contributed by atoms with Crippen LogP contribution in [0.4, 0.5) is 4.79 Å². The van der Waals surface area contributed by atoms with E-state index in [0.29, 0.717) is 67.5 Å². The van der Waals surface area contributed by atoms with Crippen LogP contribution in [0.3, 0.4) is 0 Å². The number of rotatable bonds is 12. The Hall–Kier alpha value is -4.91. The van der Waals surface area contributed by atoms with E-state index in [9.17, 15) is 14.4 Å². The molecule has 0 amide bonds. The fourth-order valence-electron chi connectivity index (χ4n) is 8.28. The SMILES string of the molecule is CC(=O)Oc1c(C(C)(C)/C=C(\C)CC(C)C)c(C)c(OC(=O)Oc2c(C)c(C(C)(C)/C=C(\C)CC(C)C)c(OC(C)=O)c3ccccc23)c2ccccc12. The number of benzene rings is 4. The summed E-state index contributed by atoms with van der Waals surface area (Å²) in [4.78, 5) is 39.2. The number of esters is 2. The van der Waals surface area contributed by atoms with Gasteiger partial charge in [-0.25, -0.2) is 4.79 Å². The van der Waals surface area contributed by atoms with Crippen LogP contribution in [0.1, 0.15) is 118 Å². The summed E-state index contributed by atoms with van der Waals surface area (Å²) in [5, 5.41) is 2.48. The van der Waals surface area contributed by atoms with Gasteiger partial charge < -0.3 is 18.9 Å². The van der Waals surface area contributed by atoms with Crippen molar-refractivity contribution in [3.8, 4) is 23.0 Å². The van der Waals surface area contributed by atoms with Crippen molar-refractivity contribution in [1.29, 1.82) is 0 Å². The summed E-state index contributed by atoms with van der Waals surface area (Å²) in [7, 11) is 0. The Labute approximate surface area is 321 Å². The second-order valence-electron chi connectivity index (χ2n) is 16.7. The number of ether oxygens (including phenoxy) is 4. The van der Waals surface area contributed by atoms with Crippen molar-refractivity contribution < 1.29 is 33.3 Å². The molecule has 7 nitrogen and oxygen atoms in total. The number of carbonyl (C=O) groups excluding carboxylic acids is 3. The van der Waals surface area contributed by atoms with E-state index in [1.807, 2.05) is 62.4 Å². The van der Waals surface area contributed by atoms with Crippen molar-refractivity contribution in [2.24, 2.45) is 11.8 Å². The average molecular weight is 735 g/mol. The zero-order valence-electron chi connectivity index (χ0n) is 34.7. The molecule has 0 saturated carbocycles. The molecule has 0 bridgehead atoms. The third-order valence-corrected chi connectivity index (χ3v) is 9.54. The second-order valence-corrected chi connectivity index (χ2v) is 16.7. The topological polar surface area (TPSA) is 88.1 Å². The van der Waals surface area contributed by atoms with Crippen molar-refractivity contribution in [3.05, 3.63) is 94.1 Å². The van der Waals surface area contributed by atoms with Gasteiger partial charge in [-0.1, -0.05) is 127 Å². The quantitative estimate of drug-likeness (QED) is 0.0619. The molecule has 0 fully saturated rings. The van der Waals surface area contributed by atoms with Gasteiger partial charge in [0, 0.05) is 68.5 Å². The van der Waals surface area contributed by atoms with Crippen molar-refractivity contribution in [2.45, 2.75) is 121 Å². The number of carbonyl (C=O) groups is 3. The Kier molecular flexibility index (Phi) is 12.9. The molecule has 0 aromatic heterocycles. The van der Waals surface area contributed by atoms with E-state index in [1.165, 1.54) is 25.0 Å². The van der Waals surface area contributed by atoms with Crippen molar-refractivity contribution in [3.63, 3.8) is 0 Å². The first-order chi connectivity index (χ1) is 25.1. The maximum atomic E-state index is 14.2. The second kappa shape index (κ2) is 16.6. The molecule has 4 aromatic rings. The highest BCUT2D eigenvalue weighted by Crippen LogP contribution is 2.49. The molecule has 0 spiro atoms. The zero-order valence-corrected chi connectivity index (χ0v) is 34.7. The molecule has 0 N–H and O–H groups in total. The molecule has 0 heterocycles. The Morgan fingerprint density at radius 1 is 0.537 bits per heavy atom. The highest BCUT2D eigenvalue weighted by Gasteiger charge is 2.34. The third-order valence-electron chi connectivity index (χ3n) is 9.54. The maximum Gasteiger partial charge on any atom is 0.519 e. The smallest absolute Gasteiger partial charge is 0.426 e. The van der Waals surface area contributed by atoms with Crippen LogP contribution in [0.2, 0.25) is 0 Å². The molecule has 0 radical (unpaired) electrons. The Morgan fingerprint density at radius 2 is 0.833 bits per heavy atom. The number of fused-ring (bicyclic) bond motifs is 2. The Balaban J connectivity index is 1.95. The molecule has 0 aliphatic heterocycles. The molecule has 4 aromatic carbocycles. The Bertz CT molecular complexity index is 1990. The molecule has 288 valence electrons. The number of hydrogen-bond donors (Lipinski definition) is 0. The molecule has 0 aliphatic carbocycles. The van der Waals surface area contributed by atoms with Crippen LogP contribution in [0.25, 0.3) is 21.5 Å². The van der Waals surface area contributed by atoms with Gasteiger partial charge in [-0.05, 0) is 52.4 Å². The summed E-state index contributed by atoms with van der Waals surface area (Å²) in [6.45, 7) is 27.8. The molecular formula is C47H58O7. The molecule has 4 rings (SSSR count). The summed E-state index contributed by atoms with van der Waals surface area (Å²) in [6, 6.07) is 14.8. The molecule has 0 saturated heterocycles. The van der Waals surface area contributed by atoms with E-state index < -0.39 is 28.9 Å². The lowest BCUT2D eigenvalue weighted by atomic mass is 9.77. The van der Waals surface area contributed by atoms with E-state index in [0.717, 1.165) is 24.0 Å². The lowest BCUT2D eigenvalue weighted by Crippen LogP contribution is -2.23. The predicted octanol–water partition coefficient (Wildman–Crippen LogP) is 12.6. The monoisotopic (exact) mass is 734 g/mol. The van der Waals surface area contributed by atoms with Crippen molar-refractivity contribution in [1.82, 2.24) is 0 Å². The zero-order chi connectivity index (χ0) is 40.3. The lowest BCUT2D eigenvalue weighted by molar-refractivity contribution is -0.132. The van der Waals surface area contributed by atoms with Crippen molar-refractivity contribution in [2.75, 3.05) is 0 Å². The molecule has 0 unspecified atom stereocenters. The van der Waals surface area contributed by atoms with Gasteiger partial charge in [0.1, 0.15) is 23.0 Å². The van der Waals surface area contributed by atoms with Gasteiger partial charge in [0.05, 0.1) is 0 Å². The lowest BCUT2D eigenvalue weighted by Gasteiger charge is -2.30. The van der Waals surface area contributed by atoms with Crippen LogP contribution in [-0.2, 0) is 20.4 Å². The van der Waals surface area contributed by atoms with Crippen LogP contribution in [-0.4, -0.2) is 18.1 Å². The van der Waals surface area contributed by atoms with Crippen LogP contribution in [0.15, 0.2) is 71.8 Å². The van der Waals surface area contributed by atoms with Gasteiger partial charge in [0.15, 0.2) is 0 Å². The first kappa shape index (κ1) is 41.8. The van der Waals surface area contributed by atoms with Crippen LogP contribution in [0.5, 0.6) is 23.0 Å². The summed E-state index contributed by atoms with van der Waals surface area (Å²) >= 11 is 0. The van der Waals surface area contributed by atoms with E-state index >= 15 is 0 Å². The van der Waals surface area contributed by atoms with Gasteiger partial charge in [0.2, 0.25) is 0 Å². The van der Waals surface area contributed by atoms with Gasteiger partial charge in [0.25, 0.3) is 0 Å². The van der Waals surface area contributed by atoms with Crippen LogP contribution < -0.4 is 18.9 Å². The van der Waals surface area contributed by atoms with E-state index in [2.05, 4.69) is 81.4 Å². The first-order valence-corrected chi connectivity index (χ1v) is 18.9. The highest BCUT2D eigenvalue weighted by atomic mass is 16.7.